The van der Waals surface area contributed by atoms with Crippen molar-refractivity contribution in [1.82, 2.24) is 19.9 Å². The summed E-state index contributed by atoms with van der Waals surface area (Å²) in [4.78, 5) is 22.2. The average molecular weight is 434 g/mol. The second-order valence-electron chi connectivity index (χ2n) is 7.41. The first kappa shape index (κ1) is 21.3. The third kappa shape index (κ3) is 4.12. The number of methoxy groups -OCH3 is 2. The number of hydrogen-bond donors (Lipinski definition) is 1. The number of fused-ring (bicyclic) bond motifs is 1. The number of ether oxygens (including phenoxy) is 2. The largest absolute Gasteiger partial charge is 0.497 e. The quantitative estimate of drug-likeness (QED) is 0.497. The highest BCUT2D eigenvalue weighted by atomic mass is 19.1. The van der Waals surface area contributed by atoms with E-state index in [1.807, 2.05) is 29.9 Å². The maximum atomic E-state index is 13.6. The summed E-state index contributed by atoms with van der Waals surface area (Å²) in [6, 6.07) is 10.9. The Morgan fingerprint density at radius 2 is 1.81 bits per heavy atom. The predicted molar refractivity (Wildman–Crippen MR) is 119 cm³/mol. The first-order valence-corrected chi connectivity index (χ1v) is 9.97. The smallest absolute Gasteiger partial charge is 0.253 e. The van der Waals surface area contributed by atoms with Gasteiger partial charge in [-0.3, -0.25) is 9.78 Å². The summed E-state index contributed by atoms with van der Waals surface area (Å²) in [6.07, 6.45) is 3.48. The zero-order valence-electron chi connectivity index (χ0n) is 18.2. The van der Waals surface area contributed by atoms with Crippen LogP contribution in [0, 0.1) is 12.7 Å². The lowest BCUT2D eigenvalue weighted by atomic mass is 10.0. The third-order valence-corrected chi connectivity index (χ3v) is 5.31. The Morgan fingerprint density at radius 1 is 1.09 bits per heavy atom. The number of pyridine rings is 1. The Morgan fingerprint density at radius 3 is 2.44 bits per heavy atom. The van der Waals surface area contributed by atoms with Crippen molar-refractivity contribution in [2.24, 2.45) is 7.05 Å². The van der Waals surface area contributed by atoms with Gasteiger partial charge < -0.3 is 19.4 Å². The molecule has 0 radical (unpaired) electrons. The SMILES string of the molecule is COc1cc(OC)cc(C(NC(=O)c2cc3ccc(F)cc3nc2C)c2nccn2C)c1. The van der Waals surface area contributed by atoms with Crippen LogP contribution in [0.15, 0.2) is 54.9 Å². The number of aromatic nitrogens is 3. The minimum atomic E-state index is -0.574. The summed E-state index contributed by atoms with van der Waals surface area (Å²) in [5, 5.41) is 3.74. The summed E-state index contributed by atoms with van der Waals surface area (Å²) in [5.41, 5.74) is 2.15. The molecule has 0 aliphatic carbocycles. The molecule has 0 aliphatic rings. The number of carbonyl (C=O) groups is 1. The first-order chi connectivity index (χ1) is 15.4. The Balaban J connectivity index is 1.76. The van der Waals surface area contributed by atoms with Crippen LogP contribution in [0.2, 0.25) is 0 Å². The molecule has 0 saturated carbocycles. The fraction of sp³-hybridized carbons (Fsp3) is 0.208. The molecule has 0 fully saturated rings. The number of benzene rings is 2. The zero-order valence-corrected chi connectivity index (χ0v) is 18.2. The molecule has 0 saturated heterocycles. The number of imidazole rings is 1. The number of halogens is 1. The van der Waals surface area contributed by atoms with Crippen molar-refractivity contribution in [3.8, 4) is 11.5 Å². The van der Waals surface area contributed by atoms with Gasteiger partial charge in [0.25, 0.3) is 5.91 Å². The summed E-state index contributed by atoms with van der Waals surface area (Å²) in [5.74, 6) is 1.14. The molecule has 0 spiro atoms. The average Bonchev–Trinajstić information content (AvgIpc) is 3.21. The number of carbonyl (C=O) groups excluding carboxylic acids is 1. The fourth-order valence-corrected chi connectivity index (χ4v) is 3.62. The molecule has 164 valence electrons. The van der Waals surface area contributed by atoms with Crippen LogP contribution in [-0.2, 0) is 7.05 Å². The van der Waals surface area contributed by atoms with Gasteiger partial charge in [-0.05, 0) is 42.8 Å². The van der Waals surface area contributed by atoms with Crippen LogP contribution in [-0.4, -0.2) is 34.7 Å². The lowest BCUT2D eigenvalue weighted by Crippen LogP contribution is -2.31. The van der Waals surface area contributed by atoms with E-state index in [-0.39, 0.29) is 11.7 Å². The van der Waals surface area contributed by atoms with E-state index in [0.717, 1.165) is 5.56 Å². The monoisotopic (exact) mass is 434 g/mol. The second kappa shape index (κ2) is 8.66. The molecule has 0 bridgehead atoms. The van der Waals surface area contributed by atoms with E-state index in [9.17, 15) is 9.18 Å². The van der Waals surface area contributed by atoms with Crippen LogP contribution in [0.1, 0.15) is 33.5 Å². The molecule has 2 aromatic carbocycles. The van der Waals surface area contributed by atoms with Crippen LogP contribution in [0.4, 0.5) is 4.39 Å². The van der Waals surface area contributed by atoms with Crippen molar-refractivity contribution in [3.05, 3.63) is 83.3 Å². The van der Waals surface area contributed by atoms with E-state index in [1.165, 1.54) is 12.1 Å². The third-order valence-electron chi connectivity index (χ3n) is 5.31. The first-order valence-electron chi connectivity index (χ1n) is 9.97. The van der Waals surface area contributed by atoms with Crippen LogP contribution >= 0.6 is 0 Å². The van der Waals surface area contributed by atoms with Crippen molar-refractivity contribution in [2.75, 3.05) is 14.2 Å². The Kier molecular flexibility index (Phi) is 5.77. The minimum Gasteiger partial charge on any atom is -0.497 e. The van der Waals surface area contributed by atoms with E-state index in [0.29, 0.717) is 39.5 Å². The van der Waals surface area contributed by atoms with Gasteiger partial charge in [0.2, 0.25) is 0 Å². The molecule has 2 aromatic heterocycles. The minimum absolute atomic E-state index is 0.323. The van der Waals surface area contributed by atoms with Crippen LogP contribution in [0.25, 0.3) is 10.9 Å². The van der Waals surface area contributed by atoms with Crippen molar-refractivity contribution < 1.29 is 18.7 Å². The van der Waals surface area contributed by atoms with E-state index in [4.69, 9.17) is 9.47 Å². The van der Waals surface area contributed by atoms with Gasteiger partial charge in [-0.2, -0.15) is 0 Å². The molecule has 8 heteroatoms. The van der Waals surface area contributed by atoms with E-state index < -0.39 is 6.04 Å². The van der Waals surface area contributed by atoms with Gasteiger partial charge in [-0.1, -0.05) is 0 Å². The maximum Gasteiger partial charge on any atom is 0.253 e. The molecular formula is C24H23FN4O3. The van der Waals surface area contributed by atoms with E-state index in [1.54, 1.807) is 45.5 Å². The Hall–Kier alpha value is -3.94. The highest BCUT2D eigenvalue weighted by molar-refractivity contribution is 5.99. The van der Waals surface area contributed by atoms with Gasteiger partial charge in [-0.15, -0.1) is 0 Å². The molecule has 4 aromatic rings. The topological polar surface area (TPSA) is 78.3 Å². The molecular weight excluding hydrogens is 411 g/mol. The van der Waals surface area contributed by atoms with E-state index >= 15 is 0 Å². The second-order valence-corrected chi connectivity index (χ2v) is 7.41. The van der Waals surface area contributed by atoms with Gasteiger partial charge >= 0.3 is 0 Å². The van der Waals surface area contributed by atoms with Crippen LogP contribution < -0.4 is 14.8 Å². The number of nitrogens with one attached hydrogen (secondary N) is 1. The van der Waals surface area contributed by atoms with Crippen LogP contribution in [0.3, 0.4) is 0 Å². The highest BCUT2D eigenvalue weighted by Crippen LogP contribution is 2.30. The maximum absolute atomic E-state index is 13.6. The normalized spacial score (nSPS) is 11.9. The highest BCUT2D eigenvalue weighted by Gasteiger charge is 2.24. The lowest BCUT2D eigenvalue weighted by Gasteiger charge is -2.21. The number of amides is 1. The summed E-state index contributed by atoms with van der Waals surface area (Å²) in [6.45, 7) is 1.73. The van der Waals surface area contributed by atoms with E-state index in [2.05, 4.69) is 15.3 Å². The van der Waals surface area contributed by atoms with Crippen molar-refractivity contribution in [1.29, 1.82) is 0 Å². The molecule has 32 heavy (non-hydrogen) atoms. The van der Waals surface area contributed by atoms with Gasteiger partial charge in [0.15, 0.2) is 0 Å². The fourth-order valence-electron chi connectivity index (χ4n) is 3.62. The summed E-state index contributed by atoms with van der Waals surface area (Å²) >= 11 is 0. The zero-order chi connectivity index (χ0) is 22.8. The molecule has 1 unspecified atom stereocenters. The van der Waals surface area contributed by atoms with Crippen molar-refractivity contribution in [3.63, 3.8) is 0 Å². The number of hydrogen-bond acceptors (Lipinski definition) is 5. The summed E-state index contributed by atoms with van der Waals surface area (Å²) < 4.78 is 26.2. The Labute approximate surface area is 184 Å². The van der Waals surface area contributed by atoms with Gasteiger partial charge in [0.05, 0.1) is 31.0 Å². The molecule has 7 nitrogen and oxygen atoms in total. The van der Waals surface area contributed by atoms with Gasteiger partial charge in [0, 0.05) is 37.0 Å². The number of rotatable bonds is 6. The standard InChI is InChI=1S/C24H23FN4O3/c1-14-20(11-15-5-6-17(25)12-21(15)27-14)24(30)28-22(23-26-7-8-29(23)2)16-9-18(31-3)13-19(10-16)32-4/h5-13,22H,1-4H3,(H,28,30). The molecule has 0 aliphatic heterocycles. The number of aryl methyl sites for hydroxylation is 2. The Bertz CT molecular complexity index is 1280. The van der Waals surface area contributed by atoms with Crippen LogP contribution in [0.5, 0.6) is 11.5 Å². The molecule has 1 atom stereocenters. The van der Waals surface area contributed by atoms with Gasteiger partial charge in [-0.25, -0.2) is 9.37 Å². The lowest BCUT2D eigenvalue weighted by molar-refractivity contribution is 0.0940. The van der Waals surface area contributed by atoms with Crippen molar-refractivity contribution in [2.45, 2.75) is 13.0 Å². The molecule has 2 heterocycles. The number of nitrogens with zero attached hydrogens (tertiary/aromatic N) is 3. The predicted octanol–water partition coefficient (Wildman–Crippen LogP) is 3.95. The molecule has 4 rings (SSSR count). The molecule has 1 N–H and O–H groups in total. The van der Waals surface area contributed by atoms with Crippen molar-refractivity contribution >= 4 is 16.8 Å². The molecule has 1 amide bonds. The summed E-state index contributed by atoms with van der Waals surface area (Å²) in [7, 11) is 5.00. The van der Waals surface area contributed by atoms with Gasteiger partial charge in [0.1, 0.15) is 29.2 Å².